The van der Waals surface area contributed by atoms with E-state index in [9.17, 15) is 84.3 Å². The molecule has 0 fully saturated rings. The molecule has 21 heteroatoms. The minimum absolute atomic E-state index is 0.0208. The van der Waals surface area contributed by atoms with E-state index >= 15 is 0 Å². The Kier molecular flexibility index (Phi) is 11.6. The maximum Gasteiger partial charge on any atom is 0.417 e. The molecule has 0 amide bonds. The van der Waals surface area contributed by atoms with Gasteiger partial charge in [0.05, 0.1) is 78.5 Å². The van der Waals surface area contributed by atoms with Gasteiger partial charge in [-0.15, -0.1) is 0 Å². The lowest BCUT2D eigenvalue weighted by Gasteiger charge is -2.23. The fourth-order valence-electron chi connectivity index (χ4n) is 9.76. The van der Waals surface area contributed by atoms with Gasteiger partial charge in [0.25, 0.3) is 0 Å². The summed E-state index contributed by atoms with van der Waals surface area (Å²) in [6, 6.07) is 26.0. The van der Waals surface area contributed by atoms with E-state index in [0.29, 0.717) is 42.5 Å². The third-order valence-electron chi connectivity index (χ3n) is 12.9. The molecule has 10 rings (SSSR count). The molecule has 0 atom stereocenters. The number of hydrogen-bond donors (Lipinski definition) is 0. The van der Waals surface area contributed by atoms with Crippen LogP contribution >= 0.6 is 0 Å². The van der Waals surface area contributed by atoms with Crippen molar-refractivity contribution in [2.75, 3.05) is 0 Å². The average molecular weight is 1070 g/mol. The highest BCUT2D eigenvalue weighted by Gasteiger charge is 2.43. The molecule has 2 heterocycles. The Labute approximate surface area is 414 Å². The first kappa shape index (κ1) is 51.1. The number of benzene rings is 8. The second-order valence-electron chi connectivity index (χ2n) is 17.4. The molecule has 3 nitrogen and oxygen atoms in total. The van der Waals surface area contributed by atoms with Gasteiger partial charge in [-0.25, -0.2) is 0 Å². The van der Waals surface area contributed by atoms with E-state index in [1.807, 2.05) is 0 Å². The summed E-state index contributed by atoms with van der Waals surface area (Å²) < 4.78 is 262. The molecule has 0 saturated heterocycles. The normalized spacial score (nSPS) is 13.1. The molecule has 76 heavy (non-hydrogen) atoms. The molecule has 0 aliphatic carbocycles. The molecule has 0 bridgehead atoms. The molecule has 2 aromatic heterocycles. The third-order valence-corrected chi connectivity index (χ3v) is 12.9. The Morgan fingerprint density at radius 2 is 0.697 bits per heavy atom. The minimum Gasteiger partial charge on any atom is -0.307 e. The largest absolute Gasteiger partial charge is 0.417 e. The van der Waals surface area contributed by atoms with Gasteiger partial charge in [0, 0.05) is 32.7 Å². The Hall–Kier alpha value is -8.41. The first-order chi connectivity index (χ1) is 35.5. The smallest absolute Gasteiger partial charge is 0.307 e. The van der Waals surface area contributed by atoms with Gasteiger partial charge in [-0.2, -0.15) is 84.3 Å². The van der Waals surface area contributed by atoms with Crippen LogP contribution in [0.4, 0.5) is 79.0 Å². The lowest BCUT2D eigenvalue weighted by Crippen LogP contribution is -2.15. The SMILES string of the molecule is N#Cc1cc(-n2c3ccccc3c3cc(-c4ccc(C(F)(F)F)cc4C(F)(F)F)ccc32)c(-n2c3ccccc3c3cc(-c4ccc(C(F)(F)F)cc4C(F)(F)F)ccc32)cc1-c1c(C(F)(F)F)cccc1C(F)(F)F. The van der Waals surface area contributed by atoms with Crippen LogP contribution in [0.5, 0.6) is 0 Å². The molecule has 0 N–H and O–H groups in total. The number of aromatic nitrogens is 2. The lowest BCUT2D eigenvalue weighted by atomic mass is 9.89. The summed E-state index contributed by atoms with van der Waals surface area (Å²) >= 11 is 0. The molecule has 0 aliphatic heterocycles. The minimum atomic E-state index is -5.47. The van der Waals surface area contributed by atoms with Crippen molar-refractivity contribution < 1.29 is 79.0 Å². The summed E-state index contributed by atoms with van der Waals surface area (Å²) in [4.78, 5) is 0. The molecule has 8 aromatic carbocycles. The fourth-order valence-corrected chi connectivity index (χ4v) is 9.76. The van der Waals surface area contributed by atoms with E-state index in [1.165, 1.54) is 81.9 Å². The molecule has 0 aliphatic rings. The topological polar surface area (TPSA) is 33.6 Å². The van der Waals surface area contributed by atoms with Crippen LogP contribution in [0.25, 0.3) is 88.4 Å². The number of para-hydroxylation sites is 2. The Morgan fingerprint density at radius 1 is 0.316 bits per heavy atom. The van der Waals surface area contributed by atoms with Gasteiger partial charge in [-0.3, -0.25) is 0 Å². The molecular weight excluding hydrogens is 1040 g/mol. The van der Waals surface area contributed by atoms with Crippen molar-refractivity contribution in [1.82, 2.24) is 9.13 Å². The average Bonchev–Trinajstić information content (AvgIpc) is 3.86. The Morgan fingerprint density at radius 3 is 1.08 bits per heavy atom. The summed E-state index contributed by atoms with van der Waals surface area (Å²) in [5.41, 5.74) is -15.1. The van der Waals surface area contributed by atoms with Crippen LogP contribution in [0, 0.1) is 11.3 Å². The van der Waals surface area contributed by atoms with Crippen molar-refractivity contribution in [3.63, 3.8) is 0 Å². The number of rotatable bonds is 5. The highest BCUT2D eigenvalue weighted by Crippen LogP contribution is 2.50. The van der Waals surface area contributed by atoms with Crippen molar-refractivity contribution in [1.29, 1.82) is 5.26 Å². The summed E-state index contributed by atoms with van der Waals surface area (Å²) in [6.07, 6.45) is -31.9. The van der Waals surface area contributed by atoms with Gasteiger partial charge in [-0.05, 0) is 107 Å². The van der Waals surface area contributed by atoms with E-state index in [2.05, 4.69) is 0 Å². The van der Waals surface area contributed by atoms with E-state index in [4.69, 9.17) is 0 Å². The van der Waals surface area contributed by atoms with Crippen LogP contribution < -0.4 is 0 Å². The molecule has 0 saturated carbocycles. The second-order valence-corrected chi connectivity index (χ2v) is 17.4. The van der Waals surface area contributed by atoms with Crippen LogP contribution in [-0.2, 0) is 37.1 Å². The number of fused-ring (bicyclic) bond motifs is 6. The zero-order valence-electron chi connectivity index (χ0n) is 37.6. The van der Waals surface area contributed by atoms with E-state index < -0.39 is 98.3 Å². The summed E-state index contributed by atoms with van der Waals surface area (Å²) in [6.45, 7) is 0. The van der Waals surface area contributed by atoms with Crippen LogP contribution in [0.3, 0.4) is 0 Å². The maximum atomic E-state index is 15.0. The molecule has 10 aromatic rings. The van der Waals surface area contributed by atoms with E-state index in [0.717, 1.165) is 24.3 Å². The molecular formula is C55H25F18N3. The van der Waals surface area contributed by atoms with Gasteiger partial charge in [0.15, 0.2) is 0 Å². The lowest BCUT2D eigenvalue weighted by molar-refractivity contribution is -0.144. The van der Waals surface area contributed by atoms with Crippen LogP contribution in [-0.4, -0.2) is 9.13 Å². The van der Waals surface area contributed by atoms with Gasteiger partial charge in [-0.1, -0.05) is 66.7 Å². The molecule has 0 radical (unpaired) electrons. The Bertz CT molecular complexity index is 4010. The quantitative estimate of drug-likeness (QED) is 0.158. The maximum absolute atomic E-state index is 15.0. The van der Waals surface area contributed by atoms with Crippen molar-refractivity contribution in [3.05, 3.63) is 191 Å². The zero-order chi connectivity index (χ0) is 54.8. The van der Waals surface area contributed by atoms with Crippen LogP contribution in [0.1, 0.15) is 38.9 Å². The number of halogens is 18. The molecule has 386 valence electrons. The van der Waals surface area contributed by atoms with Gasteiger partial charge in [0.1, 0.15) is 0 Å². The second kappa shape index (κ2) is 17.3. The summed E-state index contributed by atoms with van der Waals surface area (Å²) in [5.74, 6) is 0. The standard InChI is InChI=1S/C55H25F18N3/c56-50(57,58)30-14-16-32(41(23-30)54(68,69)70)27-12-18-45-37(20-27)34-6-1-3-10-43(34)75(45)47-22-29(26-74)36(49-39(52(62,63)64)8-5-9-40(49)53(65,66)67)25-48(47)76-44-11-4-2-7-35(44)38-21-28(13-19-46(38)76)33-17-15-31(51(59,60)61)24-42(33)55(71,72)73/h1-25H. The monoisotopic (exact) mass is 1070 g/mol. The fraction of sp³-hybridized carbons (Fsp3) is 0.109. The van der Waals surface area contributed by atoms with Gasteiger partial charge >= 0.3 is 37.1 Å². The highest BCUT2D eigenvalue weighted by atomic mass is 19.4. The number of alkyl halides is 18. The van der Waals surface area contributed by atoms with Crippen LogP contribution in [0.2, 0.25) is 0 Å². The first-order valence-electron chi connectivity index (χ1n) is 22.0. The van der Waals surface area contributed by atoms with Gasteiger partial charge < -0.3 is 9.13 Å². The van der Waals surface area contributed by atoms with Crippen molar-refractivity contribution in [2.24, 2.45) is 0 Å². The number of nitriles is 1. The highest BCUT2D eigenvalue weighted by molar-refractivity contribution is 6.13. The summed E-state index contributed by atoms with van der Waals surface area (Å²) in [7, 11) is 0. The zero-order valence-corrected chi connectivity index (χ0v) is 37.6. The summed E-state index contributed by atoms with van der Waals surface area (Å²) in [5, 5.41) is 11.4. The number of nitrogens with zero attached hydrogens (tertiary/aromatic N) is 3. The van der Waals surface area contributed by atoms with Crippen molar-refractivity contribution >= 4 is 43.6 Å². The third kappa shape index (κ3) is 8.68. The predicted molar refractivity (Wildman–Crippen MR) is 246 cm³/mol. The van der Waals surface area contributed by atoms with E-state index in [-0.39, 0.29) is 78.2 Å². The number of hydrogen-bond acceptors (Lipinski definition) is 1. The molecule has 0 unspecified atom stereocenters. The van der Waals surface area contributed by atoms with Crippen molar-refractivity contribution in [2.45, 2.75) is 37.1 Å². The Balaban J connectivity index is 1.33. The van der Waals surface area contributed by atoms with Crippen molar-refractivity contribution in [3.8, 4) is 50.8 Å². The first-order valence-corrected chi connectivity index (χ1v) is 22.0. The van der Waals surface area contributed by atoms with Crippen LogP contribution in [0.15, 0.2) is 152 Å². The predicted octanol–water partition coefficient (Wildman–Crippen LogP) is 18.9. The van der Waals surface area contributed by atoms with E-state index in [1.54, 1.807) is 6.07 Å². The molecule has 0 spiro atoms. The van der Waals surface area contributed by atoms with Gasteiger partial charge in [0.2, 0.25) is 0 Å².